The summed E-state index contributed by atoms with van der Waals surface area (Å²) in [6.07, 6.45) is 2.25. The number of rotatable bonds is 8. The second kappa shape index (κ2) is 10.3. The Balaban J connectivity index is 1.56. The van der Waals surface area contributed by atoms with Gasteiger partial charge in [0.1, 0.15) is 6.54 Å². The molecule has 0 radical (unpaired) electrons. The third-order valence-electron chi connectivity index (χ3n) is 5.58. The van der Waals surface area contributed by atoms with E-state index in [0.29, 0.717) is 5.96 Å². The number of amides is 1. The van der Waals surface area contributed by atoms with Crippen LogP contribution in [0.5, 0.6) is 0 Å². The number of carbonyl (C=O) groups is 1. The molecule has 1 saturated heterocycles. The summed E-state index contributed by atoms with van der Waals surface area (Å²) in [5.74, 6) is 0.664. The first-order chi connectivity index (χ1) is 14.0. The van der Waals surface area contributed by atoms with Crippen molar-refractivity contribution in [1.29, 1.82) is 0 Å². The lowest BCUT2D eigenvalue weighted by atomic mass is 9.96. The molecule has 0 spiro atoms. The van der Waals surface area contributed by atoms with Gasteiger partial charge in [-0.25, -0.2) is 4.99 Å². The van der Waals surface area contributed by atoms with Crippen LogP contribution >= 0.6 is 11.6 Å². The number of hydrogen-bond donors (Lipinski definition) is 2. The van der Waals surface area contributed by atoms with Crippen molar-refractivity contribution in [1.82, 2.24) is 20.4 Å². The van der Waals surface area contributed by atoms with E-state index in [1.54, 1.807) is 19.0 Å². The van der Waals surface area contributed by atoms with Crippen molar-refractivity contribution in [2.75, 3.05) is 66.6 Å². The van der Waals surface area contributed by atoms with Crippen LogP contribution in [0.25, 0.3) is 0 Å². The van der Waals surface area contributed by atoms with Crippen molar-refractivity contribution in [3.63, 3.8) is 0 Å². The maximum atomic E-state index is 12.0. The fraction of sp³-hybridized carbons (Fsp3) is 0.619. The number of carbonyl (C=O) groups excluding carboxylic acids is 1. The van der Waals surface area contributed by atoms with Crippen molar-refractivity contribution in [3.8, 4) is 0 Å². The van der Waals surface area contributed by atoms with E-state index in [1.807, 2.05) is 12.1 Å². The van der Waals surface area contributed by atoms with Crippen molar-refractivity contribution in [2.45, 2.75) is 18.3 Å². The predicted octanol–water partition coefficient (Wildman–Crippen LogP) is 1.33. The molecule has 1 aromatic rings. The molecule has 1 amide bonds. The topological polar surface area (TPSA) is 69.2 Å². The van der Waals surface area contributed by atoms with Crippen LogP contribution in [0.4, 0.5) is 0 Å². The average molecular weight is 422 g/mol. The van der Waals surface area contributed by atoms with Gasteiger partial charge in [0, 0.05) is 57.3 Å². The second-order valence-corrected chi connectivity index (χ2v) is 8.41. The monoisotopic (exact) mass is 421 g/mol. The number of hydrogen-bond acceptors (Lipinski definition) is 4. The highest BCUT2D eigenvalue weighted by molar-refractivity contribution is 6.30. The number of likely N-dealkylation sites (N-methyl/N-ethyl adjacent to an activating group) is 1. The first-order valence-electron chi connectivity index (χ1n) is 10.3. The average Bonchev–Trinajstić information content (AvgIpc) is 3.51. The van der Waals surface area contributed by atoms with Gasteiger partial charge in [0.15, 0.2) is 5.96 Å². The van der Waals surface area contributed by atoms with E-state index in [2.05, 4.69) is 32.7 Å². The van der Waals surface area contributed by atoms with Gasteiger partial charge in [0.2, 0.25) is 5.91 Å². The minimum Gasteiger partial charge on any atom is -0.379 e. The maximum Gasteiger partial charge on any atom is 0.243 e. The molecule has 0 bridgehead atoms. The van der Waals surface area contributed by atoms with Gasteiger partial charge in [-0.1, -0.05) is 23.7 Å². The largest absolute Gasteiger partial charge is 0.379 e. The second-order valence-electron chi connectivity index (χ2n) is 7.98. The SMILES string of the molecule is CN(C)C(=O)CN=C(NCCN1CCOCC1)NCC1(c2cccc(Cl)c2)CC1. The van der Waals surface area contributed by atoms with E-state index < -0.39 is 0 Å². The number of nitrogens with zero attached hydrogens (tertiary/aromatic N) is 3. The van der Waals surface area contributed by atoms with E-state index in [-0.39, 0.29) is 17.9 Å². The van der Waals surface area contributed by atoms with Gasteiger partial charge in [-0.05, 0) is 30.5 Å². The zero-order valence-corrected chi connectivity index (χ0v) is 18.2. The number of halogens is 1. The van der Waals surface area contributed by atoms with Gasteiger partial charge in [-0.2, -0.15) is 0 Å². The Morgan fingerprint density at radius 1 is 1.28 bits per heavy atom. The smallest absolute Gasteiger partial charge is 0.243 e. The molecule has 1 heterocycles. The van der Waals surface area contributed by atoms with Crippen LogP contribution < -0.4 is 10.6 Å². The molecule has 29 heavy (non-hydrogen) atoms. The van der Waals surface area contributed by atoms with Gasteiger partial charge < -0.3 is 20.3 Å². The Hall–Kier alpha value is -1.83. The third kappa shape index (κ3) is 6.59. The number of nitrogens with one attached hydrogen (secondary N) is 2. The van der Waals surface area contributed by atoms with Gasteiger partial charge >= 0.3 is 0 Å². The fourth-order valence-electron chi connectivity index (χ4n) is 3.41. The van der Waals surface area contributed by atoms with E-state index in [9.17, 15) is 4.79 Å². The van der Waals surface area contributed by atoms with E-state index in [4.69, 9.17) is 16.3 Å². The van der Waals surface area contributed by atoms with Crippen molar-refractivity contribution < 1.29 is 9.53 Å². The fourth-order valence-corrected chi connectivity index (χ4v) is 3.60. The molecule has 7 nitrogen and oxygen atoms in total. The molecule has 2 N–H and O–H groups in total. The molecular formula is C21H32ClN5O2. The number of aliphatic imine (C=N–C) groups is 1. The lowest BCUT2D eigenvalue weighted by molar-refractivity contribution is -0.127. The summed E-state index contributed by atoms with van der Waals surface area (Å²) >= 11 is 6.19. The Morgan fingerprint density at radius 2 is 2.03 bits per heavy atom. The number of ether oxygens (including phenoxy) is 1. The summed E-state index contributed by atoms with van der Waals surface area (Å²) in [5.41, 5.74) is 1.36. The quantitative estimate of drug-likeness (QED) is 0.489. The first kappa shape index (κ1) is 21.9. The molecule has 1 aromatic carbocycles. The molecule has 8 heteroatoms. The van der Waals surface area contributed by atoms with E-state index in [1.165, 1.54) is 5.56 Å². The van der Waals surface area contributed by atoms with Gasteiger partial charge in [0.25, 0.3) is 0 Å². The maximum absolute atomic E-state index is 12.0. The van der Waals surface area contributed by atoms with Gasteiger partial charge in [-0.15, -0.1) is 0 Å². The molecule has 3 rings (SSSR count). The molecule has 2 aliphatic rings. The molecule has 1 aliphatic carbocycles. The summed E-state index contributed by atoms with van der Waals surface area (Å²) < 4.78 is 5.40. The molecule has 2 fully saturated rings. The summed E-state index contributed by atoms with van der Waals surface area (Å²) in [6.45, 7) is 6.09. The van der Waals surface area contributed by atoms with E-state index >= 15 is 0 Å². The zero-order valence-electron chi connectivity index (χ0n) is 17.4. The highest BCUT2D eigenvalue weighted by atomic mass is 35.5. The van der Waals surface area contributed by atoms with Crippen molar-refractivity contribution >= 4 is 23.5 Å². The summed E-state index contributed by atoms with van der Waals surface area (Å²) in [5, 5.41) is 7.61. The zero-order chi connectivity index (χ0) is 20.7. The standard InChI is InChI=1S/C21H32ClN5O2/c1-26(2)19(28)15-24-20(23-8-9-27-10-12-29-13-11-27)25-16-21(6-7-21)17-4-3-5-18(22)14-17/h3-5,14H,6-13,15-16H2,1-2H3,(H2,23,24,25). The van der Waals surface area contributed by atoms with Crippen molar-refractivity contribution in [2.24, 2.45) is 4.99 Å². The number of morpholine rings is 1. The Kier molecular flexibility index (Phi) is 7.75. The molecular weight excluding hydrogens is 390 g/mol. The Morgan fingerprint density at radius 3 is 2.69 bits per heavy atom. The lowest BCUT2D eigenvalue weighted by Gasteiger charge is -2.27. The highest BCUT2D eigenvalue weighted by Gasteiger charge is 2.44. The minimum absolute atomic E-state index is 0.0183. The first-order valence-corrected chi connectivity index (χ1v) is 10.6. The summed E-state index contributed by atoms with van der Waals surface area (Å²) in [4.78, 5) is 20.4. The summed E-state index contributed by atoms with van der Waals surface area (Å²) in [6, 6.07) is 8.10. The Bertz CT molecular complexity index is 715. The predicted molar refractivity (Wildman–Crippen MR) is 117 cm³/mol. The third-order valence-corrected chi connectivity index (χ3v) is 5.82. The van der Waals surface area contributed by atoms with Crippen LogP contribution in [-0.4, -0.2) is 88.2 Å². The normalized spacial score (nSPS) is 18.9. The molecule has 1 saturated carbocycles. The minimum atomic E-state index is -0.0183. The van der Waals surface area contributed by atoms with Crippen LogP contribution in [0, 0.1) is 0 Å². The van der Waals surface area contributed by atoms with Crippen LogP contribution in [0.3, 0.4) is 0 Å². The van der Waals surface area contributed by atoms with Crippen LogP contribution in [0.15, 0.2) is 29.3 Å². The number of guanidine groups is 1. The van der Waals surface area contributed by atoms with E-state index in [0.717, 1.165) is 63.8 Å². The summed E-state index contributed by atoms with van der Waals surface area (Å²) in [7, 11) is 3.49. The van der Waals surface area contributed by atoms with Gasteiger partial charge in [0.05, 0.1) is 13.2 Å². The van der Waals surface area contributed by atoms with Crippen molar-refractivity contribution in [3.05, 3.63) is 34.9 Å². The number of benzene rings is 1. The van der Waals surface area contributed by atoms with Crippen LogP contribution in [0.2, 0.25) is 5.02 Å². The van der Waals surface area contributed by atoms with Crippen LogP contribution in [-0.2, 0) is 14.9 Å². The molecule has 160 valence electrons. The molecule has 0 aromatic heterocycles. The Labute approximate surface area is 178 Å². The molecule has 1 aliphatic heterocycles. The van der Waals surface area contributed by atoms with Gasteiger partial charge in [-0.3, -0.25) is 9.69 Å². The van der Waals surface area contributed by atoms with Crippen LogP contribution in [0.1, 0.15) is 18.4 Å². The molecule has 0 unspecified atom stereocenters. The molecule has 0 atom stereocenters. The lowest BCUT2D eigenvalue weighted by Crippen LogP contribution is -2.46. The highest BCUT2D eigenvalue weighted by Crippen LogP contribution is 2.48.